The summed E-state index contributed by atoms with van der Waals surface area (Å²) < 4.78 is 0. The van der Waals surface area contributed by atoms with Gasteiger partial charge in [-0.2, -0.15) is 0 Å². The number of aromatic amines is 1. The van der Waals surface area contributed by atoms with E-state index in [0.29, 0.717) is 5.39 Å². The molecule has 0 bridgehead atoms. The van der Waals surface area contributed by atoms with Gasteiger partial charge in [-0.1, -0.05) is 0 Å². The maximum atomic E-state index is 12.2. The monoisotopic (exact) mass is 271 g/mol. The summed E-state index contributed by atoms with van der Waals surface area (Å²) in [6, 6.07) is 7.17. The minimum atomic E-state index is -0.114. The van der Waals surface area contributed by atoms with E-state index in [1.807, 2.05) is 12.1 Å². The molecule has 0 saturated carbocycles. The number of rotatable bonds is 2. The Labute approximate surface area is 116 Å². The number of benzene rings is 1. The Morgan fingerprint density at radius 2 is 2.20 bits per heavy atom. The predicted octanol–water partition coefficient (Wildman–Crippen LogP) is 1.47. The predicted molar refractivity (Wildman–Crippen MR) is 78.8 cm³/mol. The Morgan fingerprint density at radius 1 is 1.30 bits per heavy atom. The fraction of sp³-hybridized carbons (Fsp3) is 0.333. The standard InChI is InChI=1S/C15H17N3O2/c19-14(11-2-1-6-16-9-11)18-12-3-4-13-10(8-12)5-7-17-15(13)20/h3-5,7-8,11,16H,1-2,6,9H2,(H,17,20)(H,18,19). The van der Waals surface area contributed by atoms with Crippen LogP contribution in [0.2, 0.25) is 0 Å². The molecule has 104 valence electrons. The van der Waals surface area contributed by atoms with Gasteiger partial charge in [0.2, 0.25) is 5.91 Å². The molecule has 1 unspecified atom stereocenters. The van der Waals surface area contributed by atoms with Crippen LogP contribution in [0.3, 0.4) is 0 Å². The van der Waals surface area contributed by atoms with Gasteiger partial charge in [-0.25, -0.2) is 0 Å². The lowest BCUT2D eigenvalue weighted by atomic mass is 9.98. The molecular formula is C15H17N3O2. The van der Waals surface area contributed by atoms with Crippen molar-refractivity contribution in [3.63, 3.8) is 0 Å². The largest absolute Gasteiger partial charge is 0.329 e. The van der Waals surface area contributed by atoms with Gasteiger partial charge in [0.15, 0.2) is 0 Å². The van der Waals surface area contributed by atoms with Crippen molar-refractivity contribution >= 4 is 22.4 Å². The van der Waals surface area contributed by atoms with E-state index in [2.05, 4.69) is 15.6 Å². The van der Waals surface area contributed by atoms with Crippen molar-refractivity contribution in [3.8, 4) is 0 Å². The van der Waals surface area contributed by atoms with Crippen molar-refractivity contribution < 1.29 is 4.79 Å². The minimum absolute atomic E-state index is 0.0265. The van der Waals surface area contributed by atoms with Gasteiger partial charge in [-0.15, -0.1) is 0 Å². The molecule has 2 heterocycles. The average molecular weight is 271 g/mol. The highest BCUT2D eigenvalue weighted by Gasteiger charge is 2.20. The number of H-pyrrole nitrogens is 1. The average Bonchev–Trinajstić information content (AvgIpc) is 2.48. The molecule has 1 amide bonds. The maximum Gasteiger partial charge on any atom is 0.255 e. The van der Waals surface area contributed by atoms with Crippen molar-refractivity contribution in [2.24, 2.45) is 5.92 Å². The lowest BCUT2D eigenvalue weighted by Gasteiger charge is -2.21. The van der Waals surface area contributed by atoms with Crippen LogP contribution in [-0.4, -0.2) is 24.0 Å². The first-order chi connectivity index (χ1) is 9.74. The SMILES string of the molecule is O=C(Nc1ccc2c(=O)[nH]ccc2c1)C1CCCNC1. The Morgan fingerprint density at radius 3 is 3.00 bits per heavy atom. The normalized spacial score (nSPS) is 18.9. The number of fused-ring (bicyclic) bond motifs is 1. The summed E-state index contributed by atoms with van der Waals surface area (Å²) in [5.41, 5.74) is 0.621. The molecule has 1 aromatic heterocycles. The number of piperidine rings is 1. The first kappa shape index (κ1) is 12.9. The third-order valence-corrected chi connectivity index (χ3v) is 3.71. The van der Waals surface area contributed by atoms with Crippen molar-refractivity contribution in [2.75, 3.05) is 18.4 Å². The summed E-state index contributed by atoms with van der Waals surface area (Å²) in [6.07, 6.45) is 3.57. The summed E-state index contributed by atoms with van der Waals surface area (Å²) in [5.74, 6) is 0.0695. The molecular weight excluding hydrogens is 254 g/mol. The van der Waals surface area contributed by atoms with E-state index in [0.717, 1.165) is 37.0 Å². The van der Waals surface area contributed by atoms with Gasteiger partial charge in [0.25, 0.3) is 5.56 Å². The van der Waals surface area contributed by atoms with Crippen LogP contribution in [0.5, 0.6) is 0 Å². The highest BCUT2D eigenvalue weighted by atomic mass is 16.2. The fourth-order valence-corrected chi connectivity index (χ4v) is 2.59. The number of nitrogens with one attached hydrogen (secondary N) is 3. The van der Waals surface area contributed by atoms with E-state index < -0.39 is 0 Å². The fourth-order valence-electron chi connectivity index (χ4n) is 2.59. The molecule has 1 atom stereocenters. The van der Waals surface area contributed by atoms with Gasteiger partial charge >= 0.3 is 0 Å². The Bertz CT molecular complexity index is 687. The molecule has 1 aliphatic rings. The number of amides is 1. The smallest absolute Gasteiger partial charge is 0.255 e. The van der Waals surface area contributed by atoms with Gasteiger partial charge in [-0.3, -0.25) is 9.59 Å². The van der Waals surface area contributed by atoms with Crippen LogP contribution in [0.15, 0.2) is 35.3 Å². The Balaban J connectivity index is 1.80. The molecule has 0 spiro atoms. The van der Waals surface area contributed by atoms with Crippen molar-refractivity contribution in [3.05, 3.63) is 40.8 Å². The molecule has 1 saturated heterocycles. The number of carbonyl (C=O) groups excluding carboxylic acids is 1. The first-order valence-electron chi connectivity index (χ1n) is 6.87. The molecule has 1 fully saturated rings. The van der Waals surface area contributed by atoms with Gasteiger partial charge < -0.3 is 15.6 Å². The molecule has 1 aromatic carbocycles. The lowest BCUT2D eigenvalue weighted by molar-refractivity contribution is -0.120. The molecule has 5 heteroatoms. The second-order valence-electron chi connectivity index (χ2n) is 5.14. The van der Waals surface area contributed by atoms with Crippen LogP contribution in [-0.2, 0) is 4.79 Å². The molecule has 2 aromatic rings. The van der Waals surface area contributed by atoms with Gasteiger partial charge in [-0.05, 0) is 49.0 Å². The molecule has 3 N–H and O–H groups in total. The van der Waals surface area contributed by atoms with Crippen LogP contribution >= 0.6 is 0 Å². The maximum absolute atomic E-state index is 12.2. The van der Waals surface area contributed by atoms with Crippen molar-refractivity contribution in [2.45, 2.75) is 12.8 Å². The highest BCUT2D eigenvalue weighted by molar-refractivity contribution is 5.95. The number of hydrogen-bond acceptors (Lipinski definition) is 3. The van der Waals surface area contributed by atoms with E-state index >= 15 is 0 Å². The summed E-state index contributed by atoms with van der Waals surface area (Å²) in [7, 11) is 0. The second-order valence-corrected chi connectivity index (χ2v) is 5.14. The number of aromatic nitrogens is 1. The zero-order valence-electron chi connectivity index (χ0n) is 11.1. The highest BCUT2D eigenvalue weighted by Crippen LogP contribution is 2.18. The summed E-state index contributed by atoms with van der Waals surface area (Å²) in [5, 5.41) is 7.62. The van der Waals surface area contributed by atoms with Crippen LogP contribution in [0.25, 0.3) is 10.8 Å². The van der Waals surface area contributed by atoms with E-state index in [9.17, 15) is 9.59 Å². The zero-order valence-corrected chi connectivity index (χ0v) is 11.1. The second kappa shape index (κ2) is 5.46. The summed E-state index contributed by atoms with van der Waals surface area (Å²) >= 11 is 0. The third kappa shape index (κ3) is 2.58. The van der Waals surface area contributed by atoms with Crippen molar-refractivity contribution in [1.29, 1.82) is 0 Å². The molecule has 1 aliphatic heterocycles. The van der Waals surface area contributed by atoms with Crippen LogP contribution < -0.4 is 16.2 Å². The molecule has 5 nitrogen and oxygen atoms in total. The number of carbonyl (C=O) groups is 1. The molecule has 0 radical (unpaired) electrons. The number of anilines is 1. The van der Waals surface area contributed by atoms with Crippen LogP contribution in [0, 0.1) is 5.92 Å². The van der Waals surface area contributed by atoms with Crippen molar-refractivity contribution in [1.82, 2.24) is 10.3 Å². The third-order valence-electron chi connectivity index (χ3n) is 3.71. The molecule has 3 rings (SSSR count). The Kier molecular flexibility index (Phi) is 3.52. The topological polar surface area (TPSA) is 74.0 Å². The van der Waals surface area contributed by atoms with Crippen LogP contribution in [0.1, 0.15) is 12.8 Å². The van der Waals surface area contributed by atoms with Gasteiger partial charge in [0.05, 0.1) is 5.92 Å². The van der Waals surface area contributed by atoms with Crippen LogP contribution in [0.4, 0.5) is 5.69 Å². The van der Waals surface area contributed by atoms with E-state index in [-0.39, 0.29) is 17.4 Å². The Hall–Kier alpha value is -2.14. The lowest BCUT2D eigenvalue weighted by Crippen LogP contribution is -2.37. The summed E-state index contributed by atoms with van der Waals surface area (Å²) in [6.45, 7) is 1.72. The van der Waals surface area contributed by atoms with E-state index in [4.69, 9.17) is 0 Å². The zero-order chi connectivity index (χ0) is 13.9. The molecule has 0 aliphatic carbocycles. The molecule has 20 heavy (non-hydrogen) atoms. The van der Waals surface area contributed by atoms with Gasteiger partial charge in [0, 0.05) is 23.8 Å². The van der Waals surface area contributed by atoms with E-state index in [1.54, 1.807) is 18.3 Å². The summed E-state index contributed by atoms with van der Waals surface area (Å²) in [4.78, 5) is 26.4. The van der Waals surface area contributed by atoms with Gasteiger partial charge in [0.1, 0.15) is 0 Å². The van der Waals surface area contributed by atoms with E-state index in [1.165, 1.54) is 0 Å². The number of pyridine rings is 1. The number of hydrogen-bond donors (Lipinski definition) is 3. The first-order valence-corrected chi connectivity index (χ1v) is 6.87. The quantitative estimate of drug-likeness (QED) is 0.774. The minimum Gasteiger partial charge on any atom is -0.329 e.